The molecule has 0 spiro atoms. The van der Waals surface area contributed by atoms with Crippen LogP contribution < -0.4 is 10.6 Å². The summed E-state index contributed by atoms with van der Waals surface area (Å²) in [5.41, 5.74) is 2.63. The number of benzene rings is 1. The topological polar surface area (TPSA) is 24.1 Å². The molecule has 0 amide bonds. The van der Waals surface area contributed by atoms with Crippen molar-refractivity contribution in [3.63, 3.8) is 0 Å². The van der Waals surface area contributed by atoms with Gasteiger partial charge in [0.25, 0.3) is 0 Å². The summed E-state index contributed by atoms with van der Waals surface area (Å²) in [6, 6.07) is 13.1. The molecular formula is C16H20N2S2. The number of rotatable bonds is 5. The lowest BCUT2D eigenvalue weighted by Crippen LogP contribution is -2.35. The van der Waals surface area contributed by atoms with E-state index in [1.165, 1.54) is 22.4 Å². The van der Waals surface area contributed by atoms with E-state index in [0.717, 1.165) is 6.42 Å². The summed E-state index contributed by atoms with van der Waals surface area (Å²) in [5, 5.41) is 9.11. The monoisotopic (exact) mass is 304 g/mol. The Labute approximate surface area is 130 Å². The molecule has 0 saturated heterocycles. The smallest absolute Gasteiger partial charge is 0.166 e. The van der Waals surface area contributed by atoms with Gasteiger partial charge in [0.1, 0.15) is 0 Å². The Bertz CT molecular complexity index is 532. The SMILES string of the molecule is CCCc1ccc([C@H](NC(=S)NC)c2cccs2)cc1. The molecule has 1 heterocycles. The molecule has 20 heavy (non-hydrogen) atoms. The van der Waals surface area contributed by atoms with Crippen molar-refractivity contribution < 1.29 is 0 Å². The maximum atomic E-state index is 5.26. The molecule has 0 fully saturated rings. The molecule has 106 valence electrons. The summed E-state index contributed by atoms with van der Waals surface area (Å²) in [6.07, 6.45) is 2.31. The molecular weight excluding hydrogens is 284 g/mol. The van der Waals surface area contributed by atoms with Gasteiger partial charge in [-0.15, -0.1) is 11.3 Å². The van der Waals surface area contributed by atoms with Crippen molar-refractivity contribution in [2.45, 2.75) is 25.8 Å². The third kappa shape index (κ3) is 3.81. The summed E-state index contributed by atoms with van der Waals surface area (Å²) in [5.74, 6) is 0. The minimum Gasteiger partial charge on any atom is -0.366 e. The van der Waals surface area contributed by atoms with Crippen LogP contribution in [0.4, 0.5) is 0 Å². The second kappa shape index (κ2) is 7.41. The van der Waals surface area contributed by atoms with Crippen molar-refractivity contribution in [1.29, 1.82) is 0 Å². The molecule has 2 N–H and O–H groups in total. The lowest BCUT2D eigenvalue weighted by atomic mass is 10.0. The second-order valence-electron chi connectivity index (χ2n) is 4.66. The maximum Gasteiger partial charge on any atom is 0.166 e. The molecule has 1 aromatic heterocycles. The number of hydrogen-bond acceptors (Lipinski definition) is 2. The van der Waals surface area contributed by atoms with Gasteiger partial charge in [0, 0.05) is 11.9 Å². The molecule has 2 nitrogen and oxygen atoms in total. The van der Waals surface area contributed by atoms with Gasteiger partial charge in [-0.2, -0.15) is 0 Å². The van der Waals surface area contributed by atoms with Gasteiger partial charge in [-0.25, -0.2) is 0 Å². The molecule has 0 unspecified atom stereocenters. The van der Waals surface area contributed by atoms with Crippen LogP contribution in [-0.4, -0.2) is 12.2 Å². The summed E-state index contributed by atoms with van der Waals surface area (Å²) >= 11 is 7.00. The van der Waals surface area contributed by atoms with E-state index in [-0.39, 0.29) is 6.04 Å². The Hall–Kier alpha value is -1.39. The molecule has 0 bridgehead atoms. The van der Waals surface area contributed by atoms with E-state index in [1.807, 2.05) is 7.05 Å². The molecule has 0 saturated carbocycles. The lowest BCUT2D eigenvalue weighted by Gasteiger charge is -2.19. The number of aryl methyl sites for hydroxylation is 1. The Kier molecular flexibility index (Phi) is 5.56. The molecule has 1 aromatic carbocycles. The summed E-state index contributed by atoms with van der Waals surface area (Å²) in [7, 11) is 1.84. The van der Waals surface area contributed by atoms with E-state index >= 15 is 0 Å². The number of thiocarbonyl (C=S) groups is 1. The van der Waals surface area contributed by atoms with Crippen LogP contribution in [0.1, 0.15) is 35.4 Å². The third-order valence-electron chi connectivity index (χ3n) is 3.18. The van der Waals surface area contributed by atoms with Crippen molar-refractivity contribution >= 4 is 28.7 Å². The van der Waals surface area contributed by atoms with Gasteiger partial charge < -0.3 is 10.6 Å². The summed E-state index contributed by atoms with van der Waals surface area (Å²) in [6.45, 7) is 2.20. The van der Waals surface area contributed by atoms with Crippen LogP contribution in [0.2, 0.25) is 0 Å². The first-order valence-electron chi connectivity index (χ1n) is 6.85. The Morgan fingerprint density at radius 3 is 2.55 bits per heavy atom. The fourth-order valence-corrected chi connectivity index (χ4v) is 3.06. The molecule has 0 radical (unpaired) electrons. The average Bonchev–Trinajstić information content (AvgIpc) is 3.00. The van der Waals surface area contributed by atoms with Crippen LogP contribution in [0, 0.1) is 0 Å². The van der Waals surface area contributed by atoms with Crippen molar-refractivity contribution in [2.75, 3.05) is 7.05 Å². The van der Waals surface area contributed by atoms with E-state index in [2.05, 4.69) is 59.3 Å². The number of thiophene rings is 1. The molecule has 2 rings (SSSR count). The van der Waals surface area contributed by atoms with Crippen LogP contribution in [0.3, 0.4) is 0 Å². The summed E-state index contributed by atoms with van der Waals surface area (Å²) in [4.78, 5) is 1.27. The molecule has 0 aliphatic heterocycles. The minimum absolute atomic E-state index is 0.116. The molecule has 2 aromatic rings. The first-order chi connectivity index (χ1) is 9.74. The fraction of sp³-hybridized carbons (Fsp3) is 0.312. The van der Waals surface area contributed by atoms with Crippen LogP contribution in [0.25, 0.3) is 0 Å². The van der Waals surface area contributed by atoms with Crippen LogP contribution in [0.15, 0.2) is 41.8 Å². The van der Waals surface area contributed by atoms with E-state index in [0.29, 0.717) is 5.11 Å². The van der Waals surface area contributed by atoms with Crippen molar-refractivity contribution in [1.82, 2.24) is 10.6 Å². The minimum atomic E-state index is 0.116. The van der Waals surface area contributed by atoms with Gasteiger partial charge in [0.15, 0.2) is 5.11 Å². The highest BCUT2D eigenvalue weighted by Gasteiger charge is 2.15. The average molecular weight is 304 g/mol. The standard InChI is InChI=1S/C16H20N2S2/c1-3-5-12-7-9-13(10-8-12)15(18-16(19)17-2)14-6-4-11-20-14/h4,6-11,15H,3,5H2,1-2H3,(H2,17,18,19)/t15-/m0/s1. The quantitative estimate of drug-likeness (QED) is 0.820. The summed E-state index contributed by atoms with van der Waals surface area (Å²) < 4.78 is 0. The van der Waals surface area contributed by atoms with Crippen molar-refractivity contribution in [2.24, 2.45) is 0 Å². The van der Waals surface area contributed by atoms with E-state index < -0.39 is 0 Å². The molecule has 0 aliphatic rings. The first-order valence-corrected chi connectivity index (χ1v) is 8.14. The van der Waals surface area contributed by atoms with Gasteiger partial charge in [0.2, 0.25) is 0 Å². The van der Waals surface area contributed by atoms with Crippen molar-refractivity contribution in [3.8, 4) is 0 Å². The zero-order valence-corrected chi connectivity index (χ0v) is 13.5. The second-order valence-corrected chi connectivity index (χ2v) is 6.05. The van der Waals surface area contributed by atoms with Crippen molar-refractivity contribution in [3.05, 3.63) is 57.8 Å². The van der Waals surface area contributed by atoms with E-state index in [9.17, 15) is 0 Å². The first kappa shape index (κ1) is 15.0. The highest BCUT2D eigenvalue weighted by atomic mass is 32.1. The van der Waals surface area contributed by atoms with E-state index in [1.54, 1.807) is 11.3 Å². The van der Waals surface area contributed by atoms with Gasteiger partial charge >= 0.3 is 0 Å². The maximum absolute atomic E-state index is 5.26. The van der Waals surface area contributed by atoms with Gasteiger partial charge in [0.05, 0.1) is 6.04 Å². The zero-order valence-electron chi connectivity index (χ0n) is 11.8. The van der Waals surface area contributed by atoms with Gasteiger partial charge in [-0.3, -0.25) is 0 Å². The number of nitrogens with one attached hydrogen (secondary N) is 2. The normalized spacial score (nSPS) is 11.9. The number of hydrogen-bond donors (Lipinski definition) is 2. The van der Waals surface area contributed by atoms with Crippen LogP contribution in [0.5, 0.6) is 0 Å². The van der Waals surface area contributed by atoms with E-state index in [4.69, 9.17) is 12.2 Å². The predicted octanol–water partition coefficient (Wildman–Crippen LogP) is 3.88. The third-order valence-corrected chi connectivity index (χ3v) is 4.44. The molecule has 0 aliphatic carbocycles. The van der Waals surface area contributed by atoms with Crippen LogP contribution in [-0.2, 0) is 6.42 Å². The highest BCUT2D eigenvalue weighted by Crippen LogP contribution is 2.26. The zero-order chi connectivity index (χ0) is 14.4. The fourth-order valence-electron chi connectivity index (χ4n) is 2.14. The Morgan fingerprint density at radius 2 is 2.00 bits per heavy atom. The molecule has 4 heteroatoms. The predicted molar refractivity (Wildman–Crippen MR) is 91.4 cm³/mol. The lowest BCUT2D eigenvalue weighted by molar-refractivity contribution is 0.765. The Balaban J connectivity index is 2.24. The van der Waals surface area contributed by atoms with Crippen LogP contribution >= 0.6 is 23.6 Å². The Morgan fingerprint density at radius 1 is 1.25 bits per heavy atom. The highest BCUT2D eigenvalue weighted by molar-refractivity contribution is 7.80. The van der Waals surface area contributed by atoms with Gasteiger partial charge in [-0.1, -0.05) is 43.7 Å². The molecule has 1 atom stereocenters. The largest absolute Gasteiger partial charge is 0.366 e. The van der Waals surface area contributed by atoms with Gasteiger partial charge in [-0.05, 0) is 41.2 Å².